The molecule has 19 heavy (non-hydrogen) atoms. The number of hydrogen-bond donors (Lipinski definition) is 1. The lowest BCUT2D eigenvalue weighted by Gasteiger charge is -2.06. The van der Waals surface area contributed by atoms with E-state index >= 15 is 0 Å². The van der Waals surface area contributed by atoms with Gasteiger partial charge in [0.05, 0.1) is 5.69 Å². The number of nitrogens with one attached hydrogen (secondary N) is 1. The second-order valence-corrected chi connectivity index (χ2v) is 4.17. The van der Waals surface area contributed by atoms with Crippen molar-refractivity contribution >= 4 is 17.7 Å². The molecule has 0 saturated carbocycles. The van der Waals surface area contributed by atoms with Gasteiger partial charge in [-0.3, -0.25) is 4.79 Å². The van der Waals surface area contributed by atoms with E-state index in [2.05, 4.69) is 5.32 Å². The predicted molar refractivity (Wildman–Crippen MR) is 75.1 cm³/mol. The summed E-state index contributed by atoms with van der Waals surface area (Å²) in [6, 6.07) is 15.6. The fourth-order valence-electron chi connectivity index (χ4n) is 1.65. The molecule has 1 N–H and O–H groups in total. The Kier molecular flexibility index (Phi) is 4.08. The lowest BCUT2D eigenvalue weighted by atomic mass is 10.1. The molecule has 0 aromatic heterocycles. The number of benzene rings is 2. The number of rotatable bonds is 3. The maximum atomic E-state index is 13.4. The average Bonchev–Trinajstić information content (AvgIpc) is 2.42. The second-order valence-electron chi connectivity index (χ2n) is 4.17. The summed E-state index contributed by atoms with van der Waals surface area (Å²) >= 11 is 0. The van der Waals surface area contributed by atoms with Crippen LogP contribution in [0.3, 0.4) is 0 Å². The van der Waals surface area contributed by atoms with Gasteiger partial charge in [0.15, 0.2) is 0 Å². The lowest BCUT2D eigenvalue weighted by molar-refractivity contribution is -0.112. The van der Waals surface area contributed by atoms with E-state index in [1.807, 2.05) is 30.3 Å². The molecule has 0 aliphatic carbocycles. The SMILES string of the molecule is C/C(=C\c1ccccc1)C(=O)Nc1ccccc1F. The molecule has 2 rings (SSSR count). The van der Waals surface area contributed by atoms with Crippen LogP contribution in [0.2, 0.25) is 0 Å². The van der Waals surface area contributed by atoms with Crippen LogP contribution in [0, 0.1) is 5.82 Å². The van der Waals surface area contributed by atoms with E-state index < -0.39 is 5.82 Å². The smallest absolute Gasteiger partial charge is 0.251 e. The maximum absolute atomic E-state index is 13.4. The molecule has 0 bridgehead atoms. The van der Waals surface area contributed by atoms with Crippen molar-refractivity contribution in [2.45, 2.75) is 6.92 Å². The van der Waals surface area contributed by atoms with Crippen molar-refractivity contribution in [3.8, 4) is 0 Å². The van der Waals surface area contributed by atoms with Gasteiger partial charge in [-0.25, -0.2) is 4.39 Å². The molecule has 2 aromatic carbocycles. The Balaban J connectivity index is 2.12. The zero-order chi connectivity index (χ0) is 13.7. The monoisotopic (exact) mass is 255 g/mol. The Morgan fingerprint density at radius 1 is 1.05 bits per heavy atom. The summed E-state index contributed by atoms with van der Waals surface area (Å²) in [6.07, 6.45) is 1.76. The highest BCUT2D eigenvalue weighted by atomic mass is 19.1. The van der Waals surface area contributed by atoms with Crippen LogP contribution in [-0.2, 0) is 4.79 Å². The third kappa shape index (κ3) is 3.52. The largest absolute Gasteiger partial charge is 0.320 e. The van der Waals surface area contributed by atoms with E-state index in [1.165, 1.54) is 12.1 Å². The van der Waals surface area contributed by atoms with Crippen LogP contribution < -0.4 is 5.32 Å². The minimum atomic E-state index is -0.441. The lowest BCUT2D eigenvalue weighted by Crippen LogP contribution is -2.13. The predicted octanol–water partition coefficient (Wildman–Crippen LogP) is 3.87. The van der Waals surface area contributed by atoms with Crippen LogP contribution >= 0.6 is 0 Å². The van der Waals surface area contributed by atoms with Crippen molar-refractivity contribution < 1.29 is 9.18 Å². The van der Waals surface area contributed by atoms with Crippen molar-refractivity contribution in [3.05, 3.63) is 71.6 Å². The fraction of sp³-hybridized carbons (Fsp3) is 0.0625. The van der Waals surface area contributed by atoms with Crippen LogP contribution in [0.25, 0.3) is 6.08 Å². The van der Waals surface area contributed by atoms with Gasteiger partial charge >= 0.3 is 0 Å². The summed E-state index contributed by atoms with van der Waals surface area (Å²) in [7, 11) is 0. The highest BCUT2D eigenvalue weighted by Crippen LogP contribution is 2.14. The van der Waals surface area contributed by atoms with Gasteiger partial charge in [-0.15, -0.1) is 0 Å². The first-order valence-electron chi connectivity index (χ1n) is 5.96. The number of amides is 1. The van der Waals surface area contributed by atoms with Crippen LogP contribution in [0.15, 0.2) is 60.2 Å². The number of carbonyl (C=O) groups is 1. The van der Waals surface area contributed by atoms with Gasteiger partial charge in [0.1, 0.15) is 5.82 Å². The fourth-order valence-corrected chi connectivity index (χ4v) is 1.65. The Labute approximate surface area is 111 Å². The van der Waals surface area contributed by atoms with Crippen molar-refractivity contribution in [2.24, 2.45) is 0 Å². The highest BCUT2D eigenvalue weighted by molar-refractivity contribution is 6.06. The Hall–Kier alpha value is -2.42. The summed E-state index contributed by atoms with van der Waals surface area (Å²) in [5.41, 5.74) is 1.64. The van der Waals surface area contributed by atoms with Crippen molar-refractivity contribution in [2.75, 3.05) is 5.32 Å². The van der Waals surface area contributed by atoms with E-state index in [9.17, 15) is 9.18 Å². The number of anilines is 1. The normalized spacial score (nSPS) is 11.2. The van der Waals surface area contributed by atoms with Crippen LogP contribution in [0.4, 0.5) is 10.1 Å². The highest BCUT2D eigenvalue weighted by Gasteiger charge is 2.07. The molecule has 2 nitrogen and oxygen atoms in total. The molecule has 0 aliphatic rings. The van der Waals surface area contributed by atoms with Gasteiger partial charge in [-0.2, -0.15) is 0 Å². The quantitative estimate of drug-likeness (QED) is 0.829. The molecule has 0 unspecified atom stereocenters. The molecule has 3 heteroatoms. The van der Waals surface area contributed by atoms with E-state index in [-0.39, 0.29) is 11.6 Å². The van der Waals surface area contributed by atoms with Crippen molar-refractivity contribution in [3.63, 3.8) is 0 Å². The third-order valence-electron chi connectivity index (χ3n) is 2.66. The second kappa shape index (κ2) is 5.96. The third-order valence-corrected chi connectivity index (χ3v) is 2.66. The molecule has 0 atom stereocenters. The van der Waals surface area contributed by atoms with Gasteiger partial charge in [0.2, 0.25) is 0 Å². The number of hydrogen-bond acceptors (Lipinski definition) is 1. The Morgan fingerprint density at radius 3 is 2.37 bits per heavy atom. The summed E-state index contributed by atoms with van der Waals surface area (Å²) in [4.78, 5) is 11.9. The van der Waals surface area contributed by atoms with Gasteiger partial charge in [-0.05, 0) is 30.7 Å². The zero-order valence-electron chi connectivity index (χ0n) is 10.6. The van der Waals surface area contributed by atoms with Crippen LogP contribution in [0.1, 0.15) is 12.5 Å². The number of para-hydroxylation sites is 1. The first-order chi connectivity index (χ1) is 9.16. The van der Waals surface area contributed by atoms with Gasteiger partial charge < -0.3 is 5.32 Å². The first kappa shape index (κ1) is 13.0. The minimum Gasteiger partial charge on any atom is -0.320 e. The van der Waals surface area contributed by atoms with Crippen LogP contribution in [-0.4, -0.2) is 5.91 Å². The molecule has 0 aliphatic heterocycles. The number of halogens is 1. The molecule has 2 aromatic rings. The van der Waals surface area contributed by atoms with Crippen LogP contribution in [0.5, 0.6) is 0 Å². The Bertz CT molecular complexity index is 605. The van der Waals surface area contributed by atoms with E-state index in [0.29, 0.717) is 5.57 Å². The van der Waals surface area contributed by atoms with E-state index in [0.717, 1.165) is 5.56 Å². The molecule has 0 spiro atoms. The molecule has 0 fully saturated rings. The molecular formula is C16H14FNO. The van der Waals surface area contributed by atoms with Gasteiger partial charge in [0.25, 0.3) is 5.91 Å². The summed E-state index contributed by atoms with van der Waals surface area (Å²) in [5, 5.41) is 2.55. The summed E-state index contributed by atoms with van der Waals surface area (Å²) < 4.78 is 13.4. The Morgan fingerprint density at radius 2 is 1.68 bits per heavy atom. The van der Waals surface area contributed by atoms with Gasteiger partial charge in [-0.1, -0.05) is 42.5 Å². The molecule has 0 saturated heterocycles. The molecule has 96 valence electrons. The average molecular weight is 255 g/mol. The minimum absolute atomic E-state index is 0.188. The first-order valence-corrected chi connectivity index (χ1v) is 5.96. The maximum Gasteiger partial charge on any atom is 0.251 e. The van der Waals surface area contributed by atoms with E-state index in [1.54, 1.807) is 25.1 Å². The molecule has 0 radical (unpaired) electrons. The topological polar surface area (TPSA) is 29.1 Å². The standard InChI is InChI=1S/C16H14FNO/c1-12(11-13-7-3-2-4-8-13)16(19)18-15-10-6-5-9-14(15)17/h2-11H,1H3,(H,18,19)/b12-11+. The van der Waals surface area contributed by atoms with E-state index in [4.69, 9.17) is 0 Å². The number of carbonyl (C=O) groups excluding carboxylic acids is 1. The van der Waals surface area contributed by atoms with Gasteiger partial charge in [0, 0.05) is 5.57 Å². The molecule has 1 amide bonds. The molecule has 0 heterocycles. The van der Waals surface area contributed by atoms with Crippen molar-refractivity contribution in [1.29, 1.82) is 0 Å². The molecular weight excluding hydrogens is 241 g/mol. The summed E-state index contributed by atoms with van der Waals surface area (Å²) in [5.74, 6) is -0.752. The van der Waals surface area contributed by atoms with Crippen molar-refractivity contribution in [1.82, 2.24) is 0 Å². The summed E-state index contributed by atoms with van der Waals surface area (Å²) in [6.45, 7) is 1.70. The zero-order valence-corrected chi connectivity index (χ0v) is 10.6.